The molecule has 2 unspecified atom stereocenters. The summed E-state index contributed by atoms with van der Waals surface area (Å²) in [6.07, 6.45) is 2.53. The van der Waals surface area contributed by atoms with E-state index in [0.717, 1.165) is 5.56 Å². The van der Waals surface area contributed by atoms with Gasteiger partial charge in [0.15, 0.2) is 16.8 Å². The highest BCUT2D eigenvalue weighted by atomic mass is 32.2. The van der Waals surface area contributed by atoms with Gasteiger partial charge in [-0.15, -0.1) is 0 Å². The molecular formula is C21H22N2O4S. The van der Waals surface area contributed by atoms with Gasteiger partial charge in [0.2, 0.25) is 0 Å². The molecule has 0 spiro atoms. The van der Waals surface area contributed by atoms with Crippen LogP contribution in [0.1, 0.15) is 31.7 Å². The number of amides is 1. The Kier molecular flexibility index (Phi) is 6.84. The van der Waals surface area contributed by atoms with E-state index >= 15 is 0 Å². The number of nitrogens with zero attached hydrogens (tertiary/aromatic N) is 2. The molecule has 0 saturated heterocycles. The molecule has 0 bridgehead atoms. The Morgan fingerprint density at radius 3 is 2.64 bits per heavy atom. The molecule has 2 aromatic carbocycles. The summed E-state index contributed by atoms with van der Waals surface area (Å²) in [5, 5.41) is 1.24. The summed E-state index contributed by atoms with van der Waals surface area (Å²) in [6, 6.07) is 16.5. The zero-order valence-corrected chi connectivity index (χ0v) is 16.4. The van der Waals surface area contributed by atoms with E-state index in [-0.39, 0.29) is 11.7 Å². The molecule has 2 atom stereocenters. The highest BCUT2D eigenvalue weighted by Gasteiger charge is 2.28. The highest BCUT2D eigenvalue weighted by Crippen LogP contribution is 2.28. The smallest absolute Gasteiger partial charge is 0.251 e. The molecule has 0 fully saturated rings. The number of carbonyl (C=O) groups excluding carboxylic acids is 2. The third-order valence-electron chi connectivity index (χ3n) is 4.40. The van der Waals surface area contributed by atoms with Gasteiger partial charge in [0.1, 0.15) is 6.10 Å². The summed E-state index contributed by atoms with van der Waals surface area (Å²) in [4.78, 5) is 30.7. The van der Waals surface area contributed by atoms with E-state index in [9.17, 15) is 13.8 Å². The van der Waals surface area contributed by atoms with Crippen molar-refractivity contribution < 1.29 is 18.6 Å². The fourth-order valence-corrected chi connectivity index (χ4v) is 3.67. The van der Waals surface area contributed by atoms with E-state index in [2.05, 4.69) is 4.40 Å². The molecule has 1 heterocycles. The zero-order valence-electron chi connectivity index (χ0n) is 15.6. The molecule has 1 aliphatic rings. The van der Waals surface area contributed by atoms with E-state index in [4.69, 9.17) is 4.84 Å². The van der Waals surface area contributed by atoms with Gasteiger partial charge in [-0.2, -0.15) is 9.46 Å². The normalized spacial score (nSPS) is 16.0. The zero-order chi connectivity index (χ0) is 19.9. The average Bonchev–Trinajstić information content (AvgIpc) is 2.72. The molecule has 0 radical (unpaired) electrons. The lowest BCUT2D eigenvalue weighted by Crippen LogP contribution is -2.40. The van der Waals surface area contributed by atoms with Crippen molar-refractivity contribution in [2.24, 2.45) is 4.40 Å². The van der Waals surface area contributed by atoms with E-state index in [1.807, 2.05) is 30.3 Å². The first-order valence-electron chi connectivity index (χ1n) is 9.14. The van der Waals surface area contributed by atoms with Crippen LogP contribution in [0.3, 0.4) is 0 Å². The maximum atomic E-state index is 12.3. The number of benzene rings is 2. The number of para-hydroxylation sites is 1. The number of hydroxylamine groups is 1. The molecular weight excluding hydrogens is 376 g/mol. The van der Waals surface area contributed by atoms with Gasteiger partial charge in [0.25, 0.3) is 5.91 Å². The maximum Gasteiger partial charge on any atom is 0.251 e. The Bertz CT molecular complexity index is 898. The molecule has 0 aromatic heterocycles. The number of Topliss-reactive ketones (excluding diaryl/α,β-unsaturated/α-hetero) is 1. The fourth-order valence-electron chi connectivity index (χ4n) is 2.91. The Morgan fingerprint density at radius 2 is 1.89 bits per heavy atom. The van der Waals surface area contributed by atoms with Crippen molar-refractivity contribution in [1.82, 2.24) is 0 Å². The van der Waals surface area contributed by atoms with Crippen LogP contribution >= 0.6 is 0 Å². The van der Waals surface area contributed by atoms with Gasteiger partial charge >= 0.3 is 0 Å². The lowest BCUT2D eigenvalue weighted by atomic mass is 10.0. The lowest BCUT2D eigenvalue weighted by molar-refractivity contribution is -0.137. The third kappa shape index (κ3) is 4.99. The summed E-state index contributed by atoms with van der Waals surface area (Å²) >= 11 is 0. The molecule has 1 amide bonds. The van der Waals surface area contributed by atoms with Crippen molar-refractivity contribution >= 4 is 34.6 Å². The number of rotatable bonds is 8. The number of anilines is 1. The van der Waals surface area contributed by atoms with Gasteiger partial charge in [0.05, 0.1) is 10.6 Å². The van der Waals surface area contributed by atoms with Gasteiger partial charge in [-0.25, -0.2) is 4.21 Å². The van der Waals surface area contributed by atoms with Crippen LogP contribution in [0, 0.1) is 0 Å². The number of hydrogen-bond donors (Lipinski definition) is 0. The van der Waals surface area contributed by atoms with Crippen molar-refractivity contribution in [3.8, 4) is 0 Å². The molecule has 6 nitrogen and oxygen atoms in total. The first kappa shape index (κ1) is 20.1. The van der Waals surface area contributed by atoms with Crippen molar-refractivity contribution in [3.05, 3.63) is 60.2 Å². The highest BCUT2D eigenvalue weighted by molar-refractivity contribution is 7.83. The van der Waals surface area contributed by atoms with Gasteiger partial charge in [-0.3, -0.25) is 14.4 Å². The van der Waals surface area contributed by atoms with Crippen LogP contribution in [0.4, 0.5) is 5.69 Å². The predicted octanol–water partition coefficient (Wildman–Crippen LogP) is 3.43. The van der Waals surface area contributed by atoms with Crippen LogP contribution in [-0.4, -0.2) is 28.2 Å². The number of ketones is 1. The van der Waals surface area contributed by atoms with Crippen molar-refractivity contribution in [1.29, 1.82) is 0 Å². The molecule has 28 heavy (non-hydrogen) atoms. The third-order valence-corrected chi connectivity index (χ3v) is 5.42. The van der Waals surface area contributed by atoms with Crippen LogP contribution in [0.2, 0.25) is 0 Å². The topological polar surface area (TPSA) is 76.0 Å². The second kappa shape index (κ2) is 9.52. The molecule has 0 N–H and O–H groups in total. The summed E-state index contributed by atoms with van der Waals surface area (Å²) < 4.78 is 16.1. The molecule has 0 aliphatic carbocycles. The quantitative estimate of drug-likeness (QED) is 0.639. The largest absolute Gasteiger partial charge is 0.297 e. The van der Waals surface area contributed by atoms with Crippen LogP contribution in [-0.2, 0) is 31.8 Å². The van der Waals surface area contributed by atoms with Gasteiger partial charge in [0, 0.05) is 12.6 Å². The minimum atomic E-state index is -1.47. The average molecular weight is 398 g/mol. The van der Waals surface area contributed by atoms with Crippen LogP contribution in [0.15, 0.2) is 63.9 Å². The van der Waals surface area contributed by atoms with E-state index in [1.165, 1.54) is 18.2 Å². The molecule has 0 saturated carbocycles. The standard InChI is InChI=1S/C21H22N2O4S/c1-16(24)20(12-7-15-22-28(26)18-9-3-2-4-10-18)27-23-19-11-6-5-8-17(19)13-14-21(23)25/h2-6,8-11,15,20H,7,12-14H2,1H3/b22-15+. The van der Waals surface area contributed by atoms with Crippen molar-refractivity contribution in [3.63, 3.8) is 0 Å². The number of hydrogen-bond acceptors (Lipinski definition) is 4. The first-order valence-corrected chi connectivity index (χ1v) is 10.2. The lowest BCUT2D eigenvalue weighted by Gasteiger charge is -2.30. The first-order chi connectivity index (χ1) is 13.6. The SMILES string of the molecule is CC(=O)C(CC/C=N/S(=O)c1ccccc1)ON1C(=O)CCc2ccccc21. The maximum absolute atomic E-state index is 12.3. The monoisotopic (exact) mass is 398 g/mol. The van der Waals surface area contributed by atoms with Crippen molar-refractivity contribution in [2.45, 2.75) is 43.6 Å². The summed E-state index contributed by atoms with van der Waals surface area (Å²) in [7, 11) is -1.47. The van der Waals surface area contributed by atoms with Gasteiger partial charge in [-0.05, 0) is 49.9 Å². The molecule has 1 aliphatic heterocycles. The van der Waals surface area contributed by atoms with Crippen LogP contribution in [0.25, 0.3) is 0 Å². The van der Waals surface area contributed by atoms with Gasteiger partial charge in [-0.1, -0.05) is 36.4 Å². The van der Waals surface area contributed by atoms with E-state index in [1.54, 1.807) is 24.3 Å². The Hall–Kier alpha value is -2.64. The van der Waals surface area contributed by atoms with Crippen LogP contribution in [0.5, 0.6) is 0 Å². The minimum Gasteiger partial charge on any atom is -0.297 e. The number of fused-ring (bicyclic) bond motifs is 1. The summed E-state index contributed by atoms with van der Waals surface area (Å²) in [5.74, 6) is -0.336. The Morgan fingerprint density at radius 1 is 1.18 bits per heavy atom. The van der Waals surface area contributed by atoms with Gasteiger partial charge < -0.3 is 0 Å². The van der Waals surface area contributed by atoms with E-state index in [0.29, 0.717) is 36.3 Å². The van der Waals surface area contributed by atoms with Crippen molar-refractivity contribution in [2.75, 3.05) is 5.06 Å². The molecule has 7 heteroatoms. The number of aryl methyl sites for hydroxylation is 1. The molecule has 146 valence electrons. The molecule has 2 aromatic rings. The number of carbonyl (C=O) groups is 2. The molecule has 3 rings (SSSR count). The summed E-state index contributed by atoms with van der Waals surface area (Å²) in [6.45, 7) is 1.43. The second-order valence-electron chi connectivity index (χ2n) is 6.45. The minimum absolute atomic E-state index is 0.163. The fraction of sp³-hybridized carbons (Fsp3) is 0.286. The predicted molar refractivity (Wildman–Crippen MR) is 108 cm³/mol. The summed E-state index contributed by atoms with van der Waals surface area (Å²) in [5.41, 5.74) is 1.70. The van der Waals surface area contributed by atoms with Crippen LogP contribution < -0.4 is 5.06 Å². The van der Waals surface area contributed by atoms with E-state index < -0.39 is 17.1 Å². The Balaban J connectivity index is 1.62. The second-order valence-corrected chi connectivity index (χ2v) is 7.63. The Labute approximate surface area is 166 Å².